The Kier molecular flexibility index (Phi) is 2.63. The first kappa shape index (κ1) is 11.3. The van der Waals surface area contributed by atoms with Crippen LogP contribution in [-0.4, -0.2) is 15.0 Å². The van der Waals surface area contributed by atoms with E-state index in [4.69, 9.17) is 23.2 Å². The number of halogens is 5. The Morgan fingerprint density at radius 2 is 1.81 bits per heavy atom. The van der Waals surface area contributed by atoms with E-state index in [1.165, 1.54) is 0 Å². The van der Waals surface area contributed by atoms with Crippen molar-refractivity contribution in [3.8, 4) is 0 Å². The van der Waals surface area contributed by atoms with Gasteiger partial charge in [-0.3, -0.25) is 0 Å². The predicted octanol–water partition coefficient (Wildman–Crippen LogP) is 3.35. The van der Waals surface area contributed by atoms with Crippen molar-refractivity contribution in [2.75, 3.05) is 0 Å². The van der Waals surface area contributed by atoms with E-state index >= 15 is 0 Å². The summed E-state index contributed by atoms with van der Waals surface area (Å²) in [5.74, 6) is 0. The Hall–Kier alpha value is -1.14. The molecular weight excluding hydrogens is 266 g/mol. The molecule has 0 aliphatic carbocycles. The van der Waals surface area contributed by atoms with Gasteiger partial charge in [-0.05, 0) is 17.7 Å². The van der Waals surface area contributed by atoms with Crippen LogP contribution >= 0.6 is 23.2 Å². The molecule has 0 aliphatic heterocycles. The van der Waals surface area contributed by atoms with Gasteiger partial charge in [0, 0.05) is 6.20 Å². The van der Waals surface area contributed by atoms with Crippen LogP contribution in [0, 0.1) is 0 Å². The Labute approximate surface area is 97.2 Å². The molecule has 0 saturated carbocycles. The van der Waals surface area contributed by atoms with Gasteiger partial charge in [-0.25, -0.2) is 9.97 Å². The van der Waals surface area contributed by atoms with Gasteiger partial charge in [-0.15, -0.1) is 0 Å². The Morgan fingerprint density at radius 1 is 1.12 bits per heavy atom. The van der Waals surface area contributed by atoms with Crippen molar-refractivity contribution in [1.29, 1.82) is 0 Å². The third kappa shape index (κ3) is 2.03. The minimum Gasteiger partial charge on any atom is -0.236 e. The monoisotopic (exact) mass is 267 g/mol. The minimum atomic E-state index is -4.48. The fourth-order valence-corrected chi connectivity index (χ4v) is 1.53. The summed E-state index contributed by atoms with van der Waals surface area (Å²) in [5, 5.41) is -0.306. The van der Waals surface area contributed by atoms with Crippen LogP contribution in [0.4, 0.5) is 13.2 Å². The molecule has 2 heterocycles. The van der Waals surface area contributed by atoms with Crippen LogP contribution in [0.2, 0.25) is 10.4 Å². The molecule has 2 aromatic heterocycles. The maximum atomic E-state index is 12.4. The van der Waals surface area contributed by atoms with E-state index in [-0.39, 0.29) is 21.5 Å². The van der Waals surface area contributed by atoms with Crippen LogP contribution in [0.25, 0.3) is 11.0 Å². The van der Waals surface area contributed by atoms with Crippen molar-refractivity contribution in [2.24, 2.45) is 0 Å². The number of alkyl halides is 3. The Balaban J connectivity index is 2.72. The molecule has 0 N–H and O–H groups in total. The van der Waals surface area contributed by atoms with E-state index in [9.17, 15) is 13.2 Å². The zero-order chi connectivity index (χ0) is 11.9. The SMILES string of the molecule is FC(F)(F)c1cnc2nc(Cl)nc(Cl)c2c1. The molecular formula is C8H2Cl2F3N3. The van der Waals surface area contributed by atoms with Crippen molar-refractivity contribution >= 4 is 34.2 Å². The quantitative estimate of drug-likeness (QED) is 0.543. The maximum Gasteiger partial charge on any atom is 0.417 e. The average molecular weight is 268 g/mol. The van der Waals surface area contributed by atoms with E-state index < -0.39 is 11.7 Å². The van der Waals surface area contributed by atoms with Gasteiger partial charge in [-0.1, -0.05) is 11.6 Å². The van der Waals surface area contributed by atoms with Gasteiger partial charge < -0.3 is 0 Å². The molecule has 0 atom stereocenters. The summed E-state index contributed by atoms with van der Waals surface area (Å²) in [6.07, 6.45) is -3.81. The summed E-state index contributed by atoms with van der Waals surface area (Å²) in [6.45, 7) is 0. The lowest BCUT2D eigenvalue weighted by atomic mass is 10.2. The van der Waals surface area contributed by atoms with Crippen molar-refractivity contribution in [2.45, 2.75) is 6.18 Å². The highest BCUT2D eigenvalue weighted by molar-refractivity contribution is 6.35. The molecule has 0 bridgehead atoms. The van der Waals surface area contributed by atoms with Gasteiger partial charge >= 0.3 is 6.18 Å². The first-order chi connectivity index (χ1) is 7.38. The molecule has 0 unspecified atom stereocenters. The van der Waals surface area contributed by atoms with Crippen LogP contribution < -0.4 is 0 Å². The largest absolute Gasteiger partial charge is 0.417 e. The van der Waals surface area contributed by atoms with Gasteiger partial charge in [0.2, 0.25) is 5.28 Å². The maximum absolute atomic E-state index is 12.4. The van der Waals surface area contributed by atoms with E-state index in [0.29, 0.717) is 6.20 Å². The van der Waals surface area contributed by atoms with Crippen LogP contribution in [0.3, 0.4) is 0 Å². The second-order valence-electron chi connectivity index (χ2n) is 2.88. The Bertz CT molecular complexity index is 556. The summed E-state index contributed by atoms with van der Waals surface area (Å²) in [7, 11) is 0. The second-order valence-corrected chi connectivity index (χ2v) is 3.57. The molecule has 0 aromatic carbocycles. The van der Waals surface area contributed by atoms with E-state index in [1.54, 1.807) is 0 Å². The first-order valence-electron chi connectivity index (χ1n) is 3.94. The molecule has 2 aromatic rings. The number of nitrogens with zero attached hydrogens (tertiary/aromatic N) is 3. The molecule has 0 amide bonds. The second kappa shape index (κ2) is 3.71. The zero-order valence-corrected chi connectivity index (χ0v) is 8.90. The van der Waals surface area contributed by atoms with Crippen molar-refractivity contribution in [3.05, 3.63) is 28.3 Å². The van der Waals surface area contributed by atoms with Crippen molar-refractivity contribution in [3.63, 3.8) is 0 Å². The van der Waals surface area contributed by atoms with Crippen molar-refractivity contribution in [1.82, 2.24) is 15.0 Å². The fraction of sp³-hybridized carbons (Fsp3) is 0.125. The van der Waals surface area contributed by atoms with Crippen LogP contribution in [-0.2, 0) is 6.18 Å². The molecule has 84 valence electrons. The molecule has 3 nitrogen and oxygen atoms in total. The van der Waals surface area contributed by atoms with Crippen LogP contribution in [0.5, 0.6) is 0 Å². The number of pyridine rings is 1. The number of fused-ring (bicyclic) bond motifs is 1. The van der Waals surface area contributed by atoms with Gasteiger partial charge in [0.25, 0.3) is 0 Å². The number of hydrogen-bond acceptors (Lipinski definition) is 3. The topological polar surface area (TPSA) is 38.7 Å². The normalized spacial score (nSPS) is 12.1. The fourth-order valence-electron chi connectivity index (χ4n) is 1.11. The van der Waals surface area contributed by atoms with E-state index in [0.717, 1.165) is 6.07 Å². The minimum absolute atomic E-state index is 0.0147. The smallest absolute Gasteiger partial charge is 0.236 e. The van der Waals surface area contributed by atoms with Crippen LogP contribution in [0.15, 0.2) is 12.3 Å². The van der Waals surface area contributed by atoms with E-state index in [2.05, 4.69) is 15.0 Å². The molecule has 2 rings (SSSR count). The summed E-state index contributed by atoms with van der Waals surface area (Å²) in [4.78, 5) is 10.7. The average Bonchev–Trinajstić information content (AvgIpc) is 2.15. The number of rotatable bonds is 0. The third-order valence-corrected chi connectivity index (χ3v) is 2.26. The third-order valence-electron chi connectivity index (χ3n) is 1.80. The van der Waals surface area contributed by atoms with Crippen molar-refractivity contribution < 1.29 is 13.2 Å². The number of aromatic nitrogens is 3. The molecule has 0 aliphatic rings. The van der Waals surface area contributed by atoms with Gasteiger partial charge in [-0.2, -0.15) is 18.2 Å². The van der Waals surface area contributed by atoms with Gasteiger partial charge in [0.15, 0.2) is 5.65 Å². The molecule has 0 spiro atoms. The highest BCUT2D eigenvalue weighted by Crippen LogP contribution is 2.31. The highest BCUT2D eigenvalue weighted by Gasteiger charge is 2.31. The first-order valence-corrected chi connectivity index (χ1v) is 4.69. The Morgan fingerprint density at radius 3 is 2.44 bits per heavy atom. The lowest BCUT2D eigenvalue weighted by Crippen LogP contribution is -2.06. The summed E-state index contributed by atoms with van der Waals surface area (Å²) in [6, 6.07) is 0.834. The van der Waals surface area contributed by atoms with E-state index in [1.807, 2.05) is 0 Å². The summed E-state index contributed by atoms with van der Waals surface area (Å²) in [5.41, 5.74) is -0.883. The molecule has 8 heteroatoms. The zero-order valence-electron chi connectivity index (χ0n) is 7.39. The summed E-state index contributed by atoms with van der Waals surface area (Å²) < 4.78 is 37.1. The number of hydrogen-bond donors (Lipinski definition) is 0. The lowest BCUT2D eigenvalue weighted by Gasteiger charge is -2.07. The molecule has 0 fully saturated rings. The van der Waals surface area contributed by atoms with Gasteiger partial charge in [0.1, 0.15) is 5.15 Å². The molecule has 0 radical (unpaired) electrons. The van der Waals surface area contributed by atoms with Crippen LogP contribution in [0.1, 0.15) is 5.56 Å². The summed E-state index contributed by atoms with van der Waals surface area (Å²) >= 11 is 11.1. The molecule has 16 heavy (non-hydrogen) atoms. The predicted molar refractivity (Wildman–Crippen MR) is 52.4 cm³/mol. The highest BCUT2D eigenvalue weighted by atomic mass is 35.5. The standard InChI is InChI=1S/C8H2Cl2F3N3/c9-5-4-1-3(8(11,12)13)2-14-6(4)16-7(10)15-5/h1-2H. The van der Waals surface area contributed by atoms with Gasteiger partial charge in [0.05, 0.1) is 10.9 Å². The lowest BCUT2D eigenvalue weighted by molar-refractivity contribution is -0.137. The molecule has 0 saturated heterocycles.